The summed E-state index contributed by atoms with van der Waals surface area (Å²) in [4.78, 5) is 13.0. The first-order valence-electron chi connectivity index (χ1n) is 6.51. The lowest BCUT2D eigenvalue weighted by Gasteiger charge is -2.09. The highest BCUT2D eigenvalue weighted by Crippen LogP contribution is 2.22. The van der Waals surface area contributed by atoms with E-state index in [1.54, 1.807) is 13.2 Å². The number of ether oxygens (including phenoxy) is 1. The van der Waals surface area contributed by atoms with Crippen LogP contribution in [0.4, 0.5) is 11.4 Å². The zero-order valence-electron chi connectivity index (χ0n) is 12.1. The summed E-state index contributed by atoms with van der Waals surface area (Å²) in [6, 6.07) is 13.1. The number of benzene rings is 2. The molecule has 0 aliphatic carbocycles. The van der Waals surface area contributed by atoms with Crippen molar-refractivity contribution in [2.24, 2.45) is 0 Å². The first-order chi connectivity index (χ1) is 10.1. The average Bonchev–Trinajstić information content (AvgIpc) is 2.49. The molecular weight excluding hydrogens is 284 g/mol. The molecule has 110 valence electrons. The number of anilines is 2. The number of carbonyl (C=O) groups is 1. The maximum Gasteiger partial charge on any atom is 0.234 e. The fourth-order valence-corrected chi connectivity index (χ4v) is 2.48. The van der Waals surface area contributed by atoms with Crippen LogP contribution in [0, 0.1) is 6.92 Å². The highest BCUT2D eigenvalue weighted by molar-refractivity contribution is 8.00. The smallest absolute Gasteiger partial charge is 0.234 e. The molecule has 0 aliphatic rings. The quantitative estimate of drug-likeness (QED) is 0.657. The van der Waals surface area contributed by atoms with E-state index in [1.165, 1.54) is 11.8 Å². The standard InChI is InChI=1S/C16H18N2O2S/c1-11-3-4-12(17)9-15(11)18-16(19)10-21-14-7-5-13(20-2)6-8-14/h3-9H,10,17H2,1-2H3,(H,18,19). The van der Waals surface area contributed by atoms with Gasteiger partial charge >= 0.3 is 0 Å². The Morgan fingerprint density at radius 3 is 2.62 bits per heavy atom. The van der Waals surface area contributed by atoms with Crippen molar-refractivity contribution >= 4 is 29.0 Å². The van der Waals surface area contributed by atoms with E-state index in [9.17, 15) is 4.79 Å². The van der Waals surface area contributed by atoms with Gasteiger partial charge in [0, 0.05) is 16.3 Å². The van der Waals surface area contributed by atoms with Crippen molar-refractivity contribution in [3.63, 3.8) is 0 Å². The Bertz CT molecular complexity index is 627. The molecule has 0 saturated carbocycles. The van der Waals surface area contributed by atoms with Gasteiger partial charge in [0.05, 0.1) is 12.9 Å². The van der Waals surface area contributed by atoms with Crippen molar-refractivity contribution in [2.45, 2.75) is 11.8 Å². The lowest BCUT2D eigenvalue weighted by molar-refractivity contribution is -0.113. The van der Waals surface area contributed by atoms with Crippen molar-refractivity contribution in [3.05, 3.63) is 48.0 Å². The predicted molar refractivity (Wildman–Crippen MR) is 87.9 cm³/mol. The number of rotatable bonds is 5. The zero-order valence-corrected chi connectivity index (χ0v) is 12.9. The Kier molecular flexibility index (Phi) is 5.11. The minimum Gasteiger partial charge on any atom is -0.497 e. The molecule has 2 aromatic carbocycles. The molecule has 3 N–H and O–H groups in total. The molecular formula is C16H18N2O2S. The second kappa shape index (κ2) is 7.04. The van der Waals surface area contributed by atoms with Crippen molar-refractivity contribution in [3.8, 4) is 5.75 Å². The van der Waals surface area contributed by atoms with Gasteiger partial charge in [-0.15, -0.1) is 11.8 Å². The number of nitrogen functional groups attached to an aromatic ring is 1. The molecule has 0 unspecified atom stereocenters. The molecule has 0 heterocycles. The molecule has 4 nitrogen and oxygen atoms in total. The van der Waals surface area contributed by atoms with Crippen LogP contribution in [0.15, 0.2) is 47.4 Å². The first kappa shape index (κ1) is 15.3. The number of hydrogen-bond acceptors (Lipinski definition) is 4. The molecule has 0 radical (unpaired) electrons. The van der Waals surface area contributed by atoms with Gasteiger partial charge in [0.2, 0.25) is 5.91 Å². The molecule has 0 aromatic heterocycles. The molecule has 2 aromatic rings. The highest BCUT2D eigenvalue weighted by Gasteiger charge is 2.06. The minimum atomic E-state index is -0.0514. The Morgan fingerprint density at radius 1 is 1.24 bits per heavy atom. The van der Waals surface area contributed by atoms with Crippen molar-refractivity contribution in [2.75, 3.05) is 23.9 Å². The molecule has 0 atom stereocenters. The largest absolute Gasteiger partial charge is 0.497 e. The SMILES string of the molecule is COc1ccc(SCC(=O)Nc2cc(N)ccc2C)cc1. The number of carbonyl (C=O) groups excluding carboxylic acids is 1. The van der Waals surface area contributed by atoms with Crippen LogP contribution in [-0.4, -0.2) is 18.8 Å². The van der Waals surface area contributed by atoms with Gasteiger partial charge in [-0.25, -0.2) is 0 Å². The first-order valence-corrected chi connectivity index (χ1v) is 7.50. The summed E-state index contributed by atoms with van der Waals surface area (Å²) < 4.78 is 5.10. The molecule has 0 spiro atoms. The third-order valence-corrected chi connectivity index (χ3v) is 3.98. The van der Waals surface area contributed by atoms with Crippen LogP contribution in [0.25, 0.3) is 0 Å². The summed E-state index contributed by atoms with van der Waals surface area (Å²) in [5.41, 5.74) is 8.12. The zero-order chi connectivity index (χ0) is 15.2. The van der Waals surface area contributed by atoms with E-state index in [0.29, 0.717) is 11.4 Å². The van der Waals surface area contributed by atoms with Crippen molar-refractivity contribution in [1.82, 2.24) is 0 Å². The van der Waals surface area contributed by atoms with Gasteiger partial charge in [-0.2, -0.15) is 0 Å². The Labute approximate surface area is 128 Å². The lowest BCUT2D eigenvalue weighted by Crippen LogP contribution is -2.15. The number of nitrogens with two attached hydrogens (primary N) is 1. The summed E-state index contributed by atoms with van der Waals surface area (Å²) >= 11 is 1.48. The molecule has 2 rings (SSSR count). The number of aryl methyl sites for hydroxylation is 1. The minimum absolute atomic E-state index is 0.0514. The number of nitrogens with one attached hydrogen (secondary N) is 1. The maximum absolute atomic E-state index is 12.0. The fourth-order valence-electron chi connectivity index (χ4n) is 1.78. The van der Waals surface area contributed by atoms with Crippen LogP contribution in [0.2, 0.25) is 0 Å². The summed E-state index contributed by atoms with van der Waals surface area (Å²) in [6.07, 6.45) is 0. The van der Waals surface area contributed by atoms with E-state index >= 15 is 0 Å². The summed E-state index contributed by atoms with van der Waals surface area (Å²) in [5.74, 6) is 1.10. The molecule has 0 fully saturated rings. The van der Waals surface area contributed by atoms with Crippen LogP contribution in [0.3, 0.4) is 0 Å². The normalized spacial score (nSPS) is 10.2. The summed E-state index contributed by atoms with van der Waals surface area (Å²) in [5, 5.41) is 2.88. The summed E-state index contributed by atoms with van der Waals surface area (Å²) in [7, 11) is 1.63. The Morgan fingerprint density at radius 2 is 1.95 bits per heavy atom. The van der Waals surface area contributed by atoms with Gasteiger partial charge < -0.3 is 15.8 Å². The van der Waals surface area contributed by atoms with E-state index in [2.05, 4.69) is 5.32 Å². The Hall–Kier alpha value is -2.14. The van der Waals surface area contributed by atoms with E-state index in [-0.39, 0.29) is 5.91 Å². The van der Waals surface area contributed by atoms with E-state index in [4.69, 9.17) is 10.5 Å². The van der Waals surface area contributed by atoms with E-state index < -0.39 is 0 Å². The third-order valence-electron chi connectivity index (χ3n) is 2.97. The van der Waals surface area contributed by atoms with Gasteiger partial charge in [0.25, 0.3) is 0 Å². The highest BCUT2D eigenvalue weighted by atomic mass is 32.2. The van der Waals surface area contributed by atoms with Gasteiger partial charge in [0.15, 0.2) is 0 Å². The maximum atomic E-state index is 12.0. The van der Waals surface area contributed by atoms with Gasteiger partial charge in [-0.05, 0) is 48.9 Å². The number of methoxy groups -OCH3 is 1. The second-order valence-corrected chi connectivity index (χ2v) is 5.64. The molecule has 0 saturated heterocycles. The summed E-state index contributed by atoms with van der Waals surface area (Å²) in [6.45, 7) is 1.94. The molecule has 1 amide bonds. The second-order valence-electron chi connectivity index (χ2n) is 4.59. The Balaban J connectivity index is 1.91. The van der Waals surface area contributed by atoms with Crippen LogP contribution >= 0.6 is 11.8 Å². The van der Waals surface area contributed by atoms with Crippen molar-refractivity contribution < 1.29 is 9.53 Å². The van der Waals surface area contributed by atoms with Crippen LogP contribution in [0.1, 0.15) is 5.56 Å². The van der Waals surface area contributed by atoms with E-state index in [1.807, 2.05) is 43.3 Å². The van der Waals surface area contributed by atoms with Crippen molar-refractivity contribution in [1.29, 1.82) is 0 Å². The third kappa shape index (κ3) is 4.43. The van der Waals surface area contributed by atoms with Gasteiger partial charge in [-0.3, -0.25) is 4.79 Å². The monoisotopic (exact) mass is 302 g/mol. The fraction of sp³-hybridized carbons (Fsp3) is 0.188. The van der Waals surface area contributed by atoms with Crippen LogP contribution in [0.5, 0.6) is 5.75 Å². The average molecular weight is 302 g/mol. The van der Waals surface area contributed by atoms with E-state index in [0.717, 1.165) is 21.9 Å². The predicted octanol–water partition coefficient (Wildman–Crippen LogP) is 3.32. The lowest BCUT2D eigenvalue weighted by atomic mass is 10.2. The van der Waals surface area contributed by atoms with Gasteiger partial charge in [-0.1, -0.05) is 6.07 Å². The number of amides is 1. The molecule has 21 heavy (non-hydrogen) atoms. The van der Waals surface area contributed by atoms with Gasteiger partial charge in [0.1, 0.15) is 5.75 Å². The molecule has 0 bridgehead atoms. The number of hydrogen-bond donors (Lipinski definition) is 2. The topological polar surface area (TPSA) is 64.3 Å². The number of thioether (sulfide) groups is 1. The molecule has 0 aliphatic heterocycles. The molecule has 5 heteroatoms. The van der Waals surface area contributed by atoms with Crippen LogP contribution < -0.4 is 15.8 Å². The van der Waals surface area contributed by atoms with Crippen LogP contribution in [-0.2, 0) is 4.79 Å².